The number of pyridine rings is 2. The number of hydrogen-bond acceptors (Lipinski definition) is 10. The molecule has 0 N–H and O–H groups in total. The predicted molar refractivity (Wildman–Crippen MR) is 212 cm³/mol. The number of anilines is 9. The van der Waals surface area contributed by atoms with E-state index < -0.39 is 0 Å². The molecule has 0 saturated carbocycles. The molecule has 0 atom stereocenters. The van der Waals surface area contributed by atoms with Crippen LogP contribution in [0.5, 0.6) is 0 Å². The van der Waals surface area contributed by atoms with Gasteiger partial charge in [0.2, 0.25) is 0 Å². The van der Waals surface area contributed by atoms with Crippen LogP contribution in [0, 0.1) is 38.2 Å². The van der Waals surface area contributed by atoms with E-state index in [9.17, 15) is 0 Å². The molecule has 10 nitrogen and oxygen atoms in total. The first-order chi connectivity index (χ1) is 26.0. The van der Waals surface area contributed by atoms with Crippen molar-refractivity contribution in [3.8, 4) is 0 Å². The number of benzene rings is 3. The molecule has 54 heavy (non-hydrogen) atoms. The predicted octanol–water partition coefficient (Wildman–Crippen LogP) is 8.82. The third kappa shape index (κ3) is 7.60. The Morgan fingerprint density at radius 1 is 0.593 bits per heavy atom. The van der Waals surface area contributed by atoms with Crippen LogP contribution in [0.3, 0.4) is 0 Å². The smallest absolute Gasteiger partial charge is 0.143 e. The van der Waals surface area contributed by atoms with Crippen LogP contribution in [0.1, 0.15) is 38.2 Å². The molecule has 3 aliphatic heterocycles. The van der Waals surface area contributed by atoms with Crippen LogP contribution in [-0.2, 0) is 20.1 Å². The van der Waals surface area contributed by atoms with E-state index in [2.05, 4.69) is 146 Å². The van der Waals surface area contributed by atoms with Gasteiger partial charge in [0.25, 0.3) is 0 Å². The van der Waals surface area contributed by atoms with Gasteiger partial charge in [-0.25, -0.2) is 9.97 Å². The summed E-state index contributed by atoms with van der Waals surface area (Å²) in [5.41, 5.74) is 8.96. The zero-order chi connectivity index (χ0) is 36.1. The molecular formula is C43H40IrN10-6. The second-order valence-corrected chi connectivity index (χ2v) is 13.3. The molecule has 6 aromatic rings. The minimum absolute atomic E-state index is 0. The Balaban J connectivity index is 0.000000191. The van der Waals surface area contributed by atoms with Gasteiger partial charge in [0.15, 0.2) is 0 Å². The van der Waals surface area contributed by atoms with E-state index in [0.717, 1.165) is 66.0 Å². The van der Waals surface area contributed by atoms with Gasteiger partial charge < -0.3 is 39.4 Å². The maximum absolute atomic E-state index is 4.41. The van der Waals surface area contributed by atoms with Crippen LogP contribution >= 0.6 is 0 Å². The zero-order valence-corrected chi connectivity index (χ0v) is 32.8. The van der Waals surface area contributed by atoms with Crippen molar-refractivity contribution in [1.29, 1.82) is 0 Å². The van der Waals surface area contributed by atoms with Gasteiger partial charge in [-0.2, -0.15) is 61.4 Å². The molecule has 0 bridgehead atoms. The number of aromatic nitrogens is 4. The maximum atomic E-state index is 4.41. The monoisotopic (exact) mass is 889 g/mol. The molecular weight excluding hydrogens is 849 g/mol. The van der Waals surface area contributed by atoms with Crippen molar-refractivity contribution in [3.05, 3.63) is 160 Å². The zero-order valence-electron chi connectivity index (χ0n) is 30.4. The van der Waals surface area contributed by atoms with Crippen LogP contribution < -0.4 is 29.4 Å². The van der Waals surface area contributed by atoms with E-state index in [-0.39, 0.29) is 20.1 Å². The summed E-state index contributed by atoms with van der Waals surface area (Å²) in [5, 5.41) is 0. The summed E-state index contributed by atoms with van der Waals surface area (Å²) >= 11 is 0. The third-order valence-corrected chi connectivity index (χ3v) is 9.40. The summed E-state index contributed by atoms with van der Waals surface area (Å²) in [6.45, 7) is 12.6. The third-order valence-electron chi connectivity index (χ3n) is 9.40. The van der Waals surface area contributed by atoms with E-state index in [0.29, 0.717) is 5.92 Å². The standard InChI is InChI=1S/C28H24N6.C15H16N4.Ir/c1-3-13-27-25(11-1)31(21-33(27)23-9-7-15-29-19-23)17-5-6-18-32-22-34(24-10-8-16-30-20-24)28-14-4-2-12-26(28)32;1-11(2)12-5-4-6-13(9-12)19-10-18(3)14-15(19)17-8-7-16-14;/h1-4,7-8,11-16,19-22H,5-6,17-18H2;4-5,7-11H,1-3H3;/q-4;-2;. The first kappa shape index (κ1) is 36.8. The molecule has 0 amide bonds. The summed E-state index contributed by atoms with van der Waals surface area (Å²) in [6.07, 6.45) is 12.8. The van der Waals surface area contributed by atoms with E-state index in [1.165, 1.54) is 16.9 Å². The van der Waals surface area contributed by atoms with Crippen molar-refractivity contribution in [1.82, 2.24) is 19.9 Å². The molecule has 9 rings (SSSR count). The van der Waals surface area contributed by atoms with Gasteiger partial charge in [0, 0.05) is 55.2 Å². The van der Waals surface area contributed by atoms with E-state index in [1.807, 2.05) is 54.1 Å². The number of hydrogen-bond donors (Lipinski definition) is 0. The molecule has 11 heteroatoms. The normalized spacial score (nSPS) is 14.1. The summed E-state index contributed by atoms with van der Waals surface area (Å²) < 4.78 is 0. The number of fused-ring (bicyclic) bond motifs is 3. The molecule has 0 saturated heterocycles. The summed E-state index contributed by atoms with van der Waals surface area (Å²) in [7, 11) is 1.97. The number of nitrogens with zero attached hydrogens (tertiary/aromatic N) is 10. The van der Waals surface area contributed by atoms with Crippen LogP contribution in [0.2, 0.25) is 0 Å². The molecule has 0 aliphatic carbocycles. The minimum Gasteiger partial charge on any atom is -0.501 e. The Kier molecular flexibility index (Phi) is 11.4. The molecule has 3 aromatic heterocycles. The Morgan fingerprint density at radius 3 is 1.63 bits per heavy atom. The van der Waals surface area contributed by atoms with Gasteiger partial charge >= 0.3 is 0 Å². The average Bonchev–Trinajstić information content (AvgIpc) is 3.89. The van der Waals surface area contributed by atoms with Crippen molar-refractivity contribution in [2.45, 2.75) is 32.6 Å². The van der Waals surface area contributed by atoms with Gasteiger partial charge in [-0.15, -0.1) is 18.4 Å². The van der Waals surface area contributed by atoms with Gasteiger partial charge in [0.05, 0.1) is 0 Å². The summed E-state index contributed by atoms with van der Waals surface area (Å²) in [6, 6.07) is 36.7. The largest absolute Gasteiger partial charge is 0.501 e. The van der Waals surface area contributed by atoms with Crippen molar-refractivity contribution in [2.75, 3.05) is 49.5 Å². The number of para-hydroxylation sites is 4. The van der Waals surface area contributed by atoms with Crippen LogP contribution in [-0.4, -0.2) is 40.1 Å². The first-order valence-electron chi connectivity index (χ1n) is 17.9. The molecule has 6 heterocycles. The maximum Gasteiger partial charge on any atom is 0.143 e. The Morgan fingerprint density at radius 2 is 1.11 bits per heavy atom. The molecule has 0 unspecified atom stereocenters. The molecule has 0 fully saturated rings. The van der Waals surface area contributed by atoms with E-state index in [1.54, 1.807) is 24.8 Å². The SMILES string of the molecule is CC(C)c1cc[c-]c(N2[CH-]N(C)c3nccnc32)c1.[Ir].[c-]1ccncc1N1[CH-]N(CCCCN2[CH-]N(c3[c-]ccnc3)c3ccccc32)c2ccccc21. The second-order valence-electron chi connectivity index (χ2n) is 13.3. The first-order valence-corrected chi connectivity index (χ1v) is 17.9. The fourth-order valence-electron chi connectivity index (χ4n) is 6.72. The van der Waals surface area contributed by atoms with Gasteiger partial charge in [-0.1, -0.05) is 74.3 Å². The number of rotatable bonds is 9. The van der Waals surface area contributed by atoms with Gasteiger partial charge in [0.1, 0.15) is 11.6 Å². The summed E-state index contributed by atoms with van der Waals surface area (Å²) in [5.74, 6) is 2.21. The van der Waals surface area contributed by atoms with E-state index >= 15 is 0 Å². The topological polar surface area (TPSA) is 71.0 Å². The summed E-state index contributed by atoms with van der Waals surface area (Å²) in [4.78, 5) is 30.3. The van der Waals surface area contributed by atoms with Crippen molar-refractivity contribution in [3.63, 3.8) is 0 Å². The van der Waals surface area contributed by atoms with Crippen molar-refractivity contribution >= 4 is 51.4 Å². The second kappa shape index (κ2) is 16.7. The fourth-order valence-corrected chi connectivity index (χ4v) is 6.72. The molecule has 3 aliphatic rings. The molecule has 0 spiro atoms. The van der Waals surface area contributed by atoms with Crippen LogP contribution in [0.15, 0.2) is 116 Å². The molecule has 3 aromatic carbocycles. The fraction of sp³-hybridized carbons (Fsp3) is 0.186. The Hall–Kier alpha value is -5.51. The van der Waals surface area contributed by atoms with Crippen molar-refractivity contribution in [2.24, 2.45) is 0 Å². The van der Waals surface area contributed by atoms with Crippen LogP contribution in [0.4, 0.5) is 51.4 Å². The van der Waals surface area contributed by atoms with Gasteiger partial charge in [-0.05, 0) is 63.2 Å². The van der Waals surface area contributed by atoms with Crippen LogP contribution in [0.25, 0.3) is 0 Å². The minimum atomic E-state index is 0. The Labute approximate surface area is 332 Å². The molecule has 1 radical (unpaired) electrons. The van der Waals surface area contributed by atoms with Crippen molar-refractivity contribution < 1.29 is 20.1 Å². The molecule has 277 valence electrons. The average molecular weight is 889 g/mol. The Bertz CT molecular complexity index is 2030. The van der Waals surface area contributed by atoms with Gasteiger partial charge in [-0.3, -0.25) is 0 Å². The number of unbranched alkanes of at least 4 members (excludes halogenated alkanes) is 1. The quantitative estimate of drug-likeness (QED) is 0.104. The van der Waals surface area contributed by atoms with E-state index in [4.69, 9.17) is 0 Å².